The largest absolute Gasteiger partial charge is 1.00 e. The van der Waals surface area contributed by atoms with Gasteiger partial charge < -0.3 is 9.81 Å². The minimum Gasteiger partial charge on any atom is -1.00 e. The van der Waals surface area contributed by atoms with Gasteiger partial charge in [-0.05, 0) is 19.1 Å². The lowest BCUT2D eigenvalue weighted by molar-refractivity contribution is -0.00000276. The number of aromatic hydroxyl groups is 1. The Bertz CT molecular complexity index is 152. The highest BCUT2D eigenvalue weighted by molar-refractivity contribution is 5.24. The van der Waals surface area contributed by atoms with Crippen LogP contribution in [0.5, 0.6) is 5.75 Å². The van der Waals surface area contributed by atoms with Crippen molar-refractivity contribution in [1.29, 1.82) is 0 Å². The molecule has 9 heavy (non-hydrogen) atoms. The van der Waals surface area contributed by atoms with Gasteiger partial charge in [-0.25, -0.2) is 0 Å². The quantitative estimate of drug-likeness (QED) is 0.466. The van der Waals surface area contributed by atoms with Crippen LogP contribution < -0.4 is 4.70 Å². The van der Waals surface area contributed by atoms with Gasteiger partial charge in [0.1, 0.15) is 5.75 Å². The van der Waals surface area contributed by atoms with Gasteiger partial charge in [-0.15, -0.1) is 0 Å². The lowest BCUT2D eigenvalue weighted by Gasteiger charge is -1.89. The van der Waals surface area contributed by atoms with Gasteiger partial charge in [-0.3, -0.25) is 0 Å². The van der Waals surface area contributed by atoms with Crippen LogP contribution >= 0.6 is 0 Å². The molecule has 1 aromatic carbocycles. The van der Waals surface area contributed by atoms with E-state index in [1.165, 1.54) is 5.56 Å². The first-order valence-electron chi connectivity index (χ1n) is 2.54. The second-order valence-electron chi connectivity index (χ2n) is 1.84. The van der Waals surface area contributed by atoms with E-state index in [2.05, 4.69) is 0 Å². The van der Waals surface area contributed by atoms with Crippen molar-refractivity contribution < 1.29 is 11.2 Å². The maximum Gasteiger partial charge on any atom is 1.00 e. The fraction of sp³-hybridized carbons (Fsp3) is 0.143. The average molecular weight is 128 g/mol. The molecule has 0 atom stereocenters. The molecule has 0 aliphatic rings. The van der Waals surface area contributed by atoms with Crippen molar-refractivity contribution in [2.75, 3.05) is 0 Å². The molecule has 1 N–H and O–H groups in total. The topological polar surface area (TPSA) is 20.2 Å². The monoisotopic (exact) mass is 128 g/mol. The van der Waals surface area contributed by atoms with E-state index in [1.54, 1.807) is 12.1 Å². The summed E-state index contributed by atoms with van der Waals surface area (Å²) >= 11 is 0. The molecule has 0 amide bonds. The Morgan fingerprint density at radius 3 is 2.00 bits per heavy atom. The molecule has 0 radical (unpaired) electrons. The zero-order chi connectivity index (χ0) is 5.98. The summed E-state index contributed by atoms with van der Waals surface area (Å²) in [5, 5.41) is 8.76. The van der Waals surface area contributed by atoms with Crippen LogP contribution in [0.2, 0.25) is 0 Å². The zero-order valence-corrected chi connectivity index (χ0v) is 5.13. The van der Waals surface area contributed by atoms with Crippen molar-refractivity contribution in [3.63, 3.8) is 0 Å². The number of phenolic OH excluding ortho intramolecular Hbond substituents is 1. The molecule has 50 valence electrons. The summed E-state index contributed by atoms with van der Waals surface area (Å²) in [6.45, 7) is 1.99. The Labute approximate surface area is 54.8 Å². The molecule has 0 saturated heterocycles. The second kappa shape index (κ2) is 3.07. The third kappa shape index (κ3) is 2.13. The van der Waals surface area contributed by atoms with Crippen LogP contribution in [0, 0.1) is 6.92 Å². The molecule has 1 nitrogen and oxygen atoms in total. The fourth-order valence-corrected chi connectivity index (χ4v) is 0.545. The number of halogens is 1. The normalized spacial score (nSPS) is 8.11. The van der Waals surface area contributed by atoms with Gasteiger partial charge in [-0.1, -0.05) is 17.7 Å². The Morgan fingerprint density at radius 1 is 1.22 bits per heavy atom. The van der Waals surface area contributed by atoms with Crippen LogP contribution in [-0.2, 0) is 0 Å². The lowest BCUT2D eigenvalue weighted by Crippen LogP contribution is -3.00. The van der Waals surface area contributed by atoms with Crippen LogP contribution in [0.15, 0.2) is 24.3 Å². The summed E-state index contributed by atoms with van der Waals surface area (Å²) in [5.41, 5.74) is 1.17. The number of benzene rings is 1. The molecule has 2 heteroatoms. The predicted octanol–water partition coefficient (Wildman–Crippen LogP) is -1.18. The summed E-state index contributed by atoms with van der Waals surface area (Å²) in [5.74, 6) is 0.329. The molecular formula is C7H9FO. The van der Waals surface area contributed by atoms with Crippen LogP contribution in [0.4, 0.5) is 0 Å². The van der Waals surface area contributed by atoms with Crippen LogP contribution in [0.3, 0.4) is 0 Å². The first-order valence-corrected chi connectivity index (χ1v) is 2.54. The van der Waals surface area contributed by atoms with Crippen molar-refractivity contribution in [1.82, 2.24) is 0 Å². The Hall–Kier alpha value is -1.05. The summed E-state index contributed by atoms with van der Waals surface area (Å²) in [6.07, 6.45) is 0. The van der Waals surface area contributed by atoms with Gasteiger partial charge >= 0.3 is 1.43 Å². The average Bonchev–Trinajstić information content (AvgIpc) is 1.77. The van der Waals surface area contributed by atoms with Crippen molar-refractivity contribution in [3.05, 3.63) is 29.8 Å². The van der Waals surface area contributed by atoms with Gasteiger partial charge in [0.15, 0.2) is 0 Å². The lowest BCUT2D eigenvalue weighted by atomic mass is 10.2. The molecule has 0 spiro atoms. The molecule has 0 heterocycles. The molecule has 1 rings (SSSR count). The van der Waals surface area contributed by atoms with E-state index in [0.717, 1.165) is 0 Å². The van der Waals surface area contributed by atoms with Gasteiger partial charge in [0, 0.05) is 0 Å². The van der Waals surface area contributed by atoms with E-state index in [0.29, 0.717) is 5.75 Å². The minimum atomic E-state index is 0. The zero-order valence-electron chi connectivity index (χ0n) is 6.13. The summed E-state index contributed by atoms with van der Waals surface area (Å²) in [4.78, 5) is 0. The van der Waals surface area contributed by atoms with Gasteiger partial charge in [0.25, 0.3) is 0 Å². The molecule has 0 unspecified atom stereocenters. The molecule has 0 bridgehead atoms. The third-order valence-electron chi connectivity index (χ3n) is 1.03. The predicted molar refractivity (Wildman–Crippen MR) is 34.0 cm³/mol. The molecule has 0 fully saturated rings. The van der Waals surface area contributed by atoms with Crippen LogP contribution in [0.25, 0.3) is 0 Å². The van der Waals surface area contributed by atoms with Crippen molar-refractivity contribution >= 4 is 0 Å². The van der Waals surface area contributed by atoms with Crippen LogP contribution in [-0.4, -0.2) is 5.11 Å². The Kier molecular flexibility index (Phi) is 2.71. The van der Waals surface area contributed by atoms with Gasteiger partial charge in [0.05, 0.1) is 0 Å². The summed E-state index contributed by atoms with van der Waals surface area (Å²) < 4.78 is 0. The van der Waals surface area contributed by atoms with Crippen LogP contribution in [0.1, 0.15) is 6.99 Å². The van der Waals surface area contributed by atoms with E-state index in [9.17, 15) is 0 Å². The number of hydrogen-bond donors (Lipinski definition) is 1. The third-order valence-corrected chi connectivity index (χ3v) is 1.03. The molecule has 0 aromatic heterocycles. The maximum absolute atomic E-state index is 8.76. The van der Waals surface area contributed by atoms with Gasteiger partial charge in [0.2, 0.25) is 0 Å². The van der Waals surface area contributed by atoms with E-state index in [1.807, 2.05) is 19.1 Å². The first-order chi connectivity index (χ1) is 3.79. The van der Waals surface area contributed by atoms with Crippen molar-refractivity contribution in [2.45, 2.75) is 6.92 Å². The number of aryl methyl sites for hydroxylation is 1. The van der Waals surface area contributed by atoms with E-state index in [4.69, 9.17) is 5.11 Å². The van der Waals surface area contributed by atoms with E-state index >= 15 is 0 Å². The highest BCUT2D eigenvalue weighted by Crippen LogP contribution is 2.07. The second-order valence-corrected chi connectivity index (χ2v) is 1.84. The van der Waals surface area contributed by atoms with Gasteiger partial charge in [-0.2, -0.15) is 0 Å². The Morgan fingerprint density at radius 2 is 1.67 bits per heavy atom. The first kappa shape index (κ1) is 7.95. The van der Waals surface area contributed by atoms with Crippen molar-refractivity contribution in [3.8, 4) is 5.75 Å². The smallest absolute Gasteiger partial charge is 1.00 e. The molecule has 0 aliphatic carbocycles. The van der Waals surface area contributed by atoms with E-state index < -0.39 is 0 Å². The van der Waals surface area contributed by atoms with Crippen molar-refractivity contribution in [2.24, 2.45) is 0 Å². The Balaban J connectivity index is 0. The summed E-state index contributed by atoms with van der Waals surface area (Å²) in [6, 6.07) is 7.09. The highest BCUT2D eigenvalue weighted by Gasteiger charge is 1.82. The molecule has 0 aliphatic heterocycles. The number of rotatable bonds is 0. The fourth-order valence-electron chi connectivity index (χ4n) is 0.545. The highest BCUT2D eigenvalue weighted by atomic mass is 19.0. The molecular weight excluding hydrogens is 119 g/mol. The minimum absolute atomic E-state index is 0. The molecule has 1 aromatic rings. The van der Waals surface area contributed by atoms with E-state index in [-0.39, 0.29) is 6.13 Å². The standard InChI is InChI=1S/C7H8O.FH/c1-6-2-4-7(8)5-3-6;/h2-5,8H,1H3;1H. The molecule has 0 saturated carbocycles. The number of hydrogen-bond acceptors (Lipinski definition) is 1. The SMILES string of the molecule is Cc1ccc(O)cc1.[F-].[H+]. The maximum atomic E-state index is 8.76. The summed E-state index contributed by atoms with van der Waals surface area (Å²) in [7, 11) is 0. The number of phenols is 1.